The molecule has 2 nitrogen and oxygen atoms in total. The lowest BCUT2D eigenvalue weighted by molar-refractivity contribution is 0.103. The third-order valence-electron chi connectivity index (χ3n) is 3.12. The molecule has 96 valence electrons. The van der Waals surface area contributed by atoms with E-state index in [4.69, 9.17) is 16.3 Å². The lowest BCUT2D eigenvalue weighted by atomic mass is 10.00. The van der Waals surface area contributed by atoms with Gasteiger partial charge in [-0.1, -0.05) is 11.6 Å². The predicted octanol–water partition coefficient (Wildman–Crippen LogP) is 3.65. The number of halogens is 2. The Hall–Kier alpha value is -1.87. The largest absolute Gasteiger partial charge is 0.493 e. The van der Waals surface area contributed by atoms with Crippen molar-refractivity contribution < 1.29 is 13.9 Å². The minimum Gasteiger partial charge on any atom is -0.493 e. The highest BCUT2D eigenvalue weighted by Gasteiger charge is 2.18. The third-order valence-corrected chi connectivity index (χ3v) is 3.36. The number of ketones is 1. The third kappa shape index (κ3) is 2.22. The Balaban J connectivity index is 2.02. The van der Waals surface area contributed by atoms with E-state index in [2.05, 4.69) is 0 Å². The molecular weight excluding hydrogens is 267 g/mol. The summed E-state index contributed by atoms with van der Waals surface area (Å²) < 4.78 is 19.1. The zero-order chi connectivity index (χ0) is 13.4. The molecular formula is C15H10ClFO2. The van der Waals surface area contributed by atoms with Gasteiger partial charge in [-0.15, -0.1) is 0 Å². The Morgan fingerprint density at radius 1 is 1.21 bits per heavy atom. The van der Waals surface area contributed by atoms with Gasteiger partial charge in [0.05, 0.1) is 12.2 Å². The standard InChI is InChI=1S/C15H10ClFO2/c16-11-2-3-13(17)12(8-11)15(18)10-1-4-14-9(7-10)5-6-19-14/h1-4,7-8H,5-6H2. The Kier molecular flexibility index (Phi) is 2.99. The maximum atomic E-state index is 13.7. The average molecular weight is 277 g/mol. The van der Waals surface area contributed by atoms with Crippen LogP contribution in [0, 0.1) is 5.82 Å². The summed E-state index contributed by atoms with van der Waals surface area (Å²) in [4.78, 5) is 12.3. The maximum Gasteiger partial charge on any atom is 0.196 e. The summed E-state index contributed by atoms with van der Waals surface area (Å²) in [7, 11) is 0. The van der Waals surface area contributed by atoms with E-state index in [1.54, 1.807) is 18.2 Å². The summed E-state index contributed by atoms with van der Waals surface area (Å²) in [6, 6.07) is 9.12. The summed E-state index contributed by atoms with van der Waals surface area (Å²) in [5.41, 5.74) is 1.42. The molecule has 0 spiro atoms. The molecule has 0 fully saturated rings. The lowest BCUT2D eigenvalue weighted by Gasteiger charge is -2.05. The summed E-state index contributed by atoms with van der Waals surface area (Å²) >= 11 is 5.80. The molecule has 0 saturated carbocycles. The second-order valence-corrected chi connectivity index (χ2v) is 4.81. The average Bonchev–Trinajstić information content (AvgIpc) is 2.88. The molecule has 0 bridgehead atoms. The molecule has 1 aliphatic heterocycles. The summed E-state index contributed by atoms with van der Waals surface area (Å²) in [6.07, 6.45) is 0.772. The molecule has 0 saturated heterocycles. The highest BCUT2D eigenvalue weighted by molar-refractivity contribution is 6.31. The molecule has 2 aromatic carbocycles. The van der Waals surface area contributed by atoms with Crippen LogP contribution in [-0.2, 0) is 6.42 Å². The normalized spacial score (nSPS) is 12.9. The van der Waals surface area contributed by atoms with Crippen molar-refractivity contribution in [1.29, 1.82) is 0 Å². The van der Waals surface area contributed by atoms with Gasteiger partial charge in [-0.05, 0) is 42.0 Å². The van der Waals surface area contributed by atoms with Gasteiger partial charge in [0.1, 0.15) is 11.6 Å². The molecule has 0 atom stereocenters. The maximum absolute atomic E-state index is 13.7. The van der Waals surface area contributed by atoms with E-state index < -0.39 is 5.82 Å². The van der Waals surface area contributed by atoms with Crippen molar-refractivity contribution in [3.05, 3.63) is 63.9 Å². The van der Waals surface area contributed by atoms with Gasteiger partial charge in [0.25, 0.3) is 0 Å². The van der Waals surface area contributed by atoms with Gasteiger partial charge in [-0.2, -0.15) is 0 Å². The van der Waals surface area contributed by atoms with E-state index in [1.165, 1.54) is 18.2 Å². The molecule has 0 amide bonds. The SMILES string of the molecule is O=C(c1ccc2c(c1)CCO2)c1cc(Cl)ccc1F. The van der Waals surface area contributed by atoms with E-state index in [1.807, 2.05) is 0 Å². The Morgan fingerprint density at radius 2 is 2.05 bits per heavy atom. The number of hydrogen-bond donors (Lipinski definition) is 0. The quantitative estimate of drug-likeness (QED) is 0.783. The molecule has 3 rings (SSSR count). The molecule has 19 heavy (non-hydrogen) atoms. The highest BCUT2D eigenvalue weighted by atomic mass is 35.5. The van der Waals surface area contributed by atoms with E-state index in [0.717, 1.165) is 17.7 Å². The molecule has 4 heteroatoms. The number of rotatable bonds is 2. The molecule has 0 unspecified atom stereocenters. The van der Waals surface area contributed by atoms with Crippen molar-refractivity contribution >= 4 is 17.4 Å². The van der Waals surface area contributed by atoms with Gasteiger partial charge in [-0.25, -0.2) is 4.39 Å². The summed E-state index contributed by atoms with van der Waals surface area (Å²) in [5.74, 6) is -0.135. The zero-order valence-electron chi connectivity index (χ0n) is 9.95. The first-order chi connectivity index (χ1) is 9.15. The van der Waals surface area contributed by atoms with Crippen LogP contribution in [-0.4, -0.2) is 12.4 Å². The first-order valence-electron chi connectivity index (χ1n) is 5.90. The molecule has 0 aromatic heterocycles. The van der Waals surface area contributed by atoms with Crippen LogP contribution < -0.4 is 4.74 Å². The molecule has 0 N–H and O–H groups in total. The van der Waals surface area contributed by atoms with Gasteiger partial charge >= 0.3 is 0 Å². The first-order valence-corrected chi connectivity index (χ1v) is 6.28. The number of hydrogen-bond acceptors (Lipinski definition) is 2. The first kappa shape index (κ1) is 12.2. The van der Waals surface area contributed by atoms with Crippen LogP contribution in [0.4, 0.5) is 4.39 Å². The Morgan fingerprint density at radius 3 is 2.89 bits per heavy atom. The molecule has 0 radical (unpaired) electrons. The van der Waals surface area contributed by atoms with Crippen LogP contribution in [0.15, 0.2) is 36.4 Å². The predicted molar refractivity (Wildman–Crippen MR) is 70.5 cm³/mol. The van der Waals surface area contributed by atoms with Gasteiger partial charge in [0.15, 0.2) is 5.78 Å². The number of benzene rings is 2. The topological polar surface area (TPSA) is 26.3 Å². The summed E-state index contributed by atoms with van der Waals surface area (Å²) in [6.45, 7) is 0.624. The highest BCUT2D eigenvalue weighted by Crippen LogP contribution is 2.27. The van der Waals surface area contributed by atoms with Crippen LogP contribution in [0.2, 0.25) is 5.02 Å². The van der Waals surface area contributed by atoms with Gasteiger partial charge in [0, 0.05) is 17.0 Å². The smallest absolute Gasteiger partial charge is 0.196 e. The zero-order valence-corrected chi connectivity index (χ0v) is 10.7. The minimum absolute atomic E-state index is 0.00800. The van der Waals surface area contributed by atoms with Gasteiger partial charge in [-0.3, -0.25) is 4.79 Å². The van der Waals surface area contributed by atoms with Crippen molar-refractivity contribution in [2.45, 2.75) is 6.42 Å². The Bertz CT molecular complexity index is 667. The fraction of sp³-hybridized carbons (Fsp3) is 0.133. The monoisotopic (exact) mass is 276 g/mol. The van der Waals surface area contributed by atoms with E-state index in [-0.39, 0.29) is 11.3 Å². The van der Waals surface area contributed by atoms with E-state index in [0.29, 0.717) is 17.2 Å². The van der Waals surface area contributed by atoms with E-state index in [9.17, 15) is 9.18 Å². The fourth-order valence-electron chi connectivity index (χ4n) is 2.15. The Labute approximate surface area is 114 Å². The number of carbonyl (C=O) groups is 1. The fourth-order valence-corrected chi connectivity index (χ4v) is 2.33. The van der Waals surface area contributed by atoms with Crippen LogP contribution in [0.5, 0.6) is 5.75 Å². The van der Waals surface area contributed by atoms with Crippen molar-refractivity contribution in [2.75, 3.05) is 6.61 Å². The number of ether oxygens (including phenoxy) is 1. The van der Waals surface area contributed by atoms with Gasteiger partial charge < -0.3 is 4.74 Å². The van der Waals surface area contributed by atoms with Crippen LogP contribution in [0.3, 0.4) is 0 Å². The minimum atomic E-state index is -0.564. The summed E-state index contributed by atoms with van der Waals surface area (Å²) in [5, 5.41) is 0.342. The van der Waals surface area contributed by atoms with Crippen LogP contribution >= 0.6 is 11.6 Å². The number of carbonyl (C=O) groups excluding carboxylic acids is 1. The van der Waals surface area contributed by atoms with Crippen molar-refractivity contribution in [1.82, 2.24) is 0 Å². The van der Waals surface area contributed by atoms with Crippen molar-refractivity contribution in [3.8, 4) is 5.75 Å². The second-order valence-electron chi connectivity index (χ2n) is 4.37. The molecule has 0 aliphatic carbocycles. The van der Waals surface area contributed by atoms with Crippen LogP contribution in [0.25, 0.3) is 0 Å². The van der Waals surface area contributed by atoms with Gasteiger partial charge in [0.2, 0.25) is 0 Å². The van der Waals surface area contributed by atoms with Crippen molar-refractivity contribution in [3.63, 3.8) is 0 Å². The van der Waals surface area contributed by atoms with Crippen molar-refractivity contribution in [2.24, 2.45) is 0 Å². The van der Waals surface area contributed by atoms with E-state index >= 15 is 0 Å². The second kappa shape index (κ2) is 4.67. The molecule has 1 heterocycles. The lowest BCUT2D eigenvalue weighted by Crippen LogP contribution is -2.04. The van der Waals surface area contributed by atoms with Crippen LogP contribution in [0.1, 0.15) is 21.5 Å². The molecule has 2 aromatic rings. The molecule has 1 aliphatic rings. The number of fused-ring (bicyclic) bond motifs is 1.